The first-order chi connectivity index (χ1) is 9.74. The van der Waals surface area contributed by atoms with Crippen LogP contribution >= 0.6 is 0 Å². The Labute approximate surface area is 125 Å². The molecule has 0 saturated carbocycles. The van der Waals surface area contributed by atoms with Crippen molar-refractivity contribution >= 4 is 17.5 Å². The standard InChI is InChI=1S/C15H23N3O3/c1-15(2,3)13(16)14(20)18-10-6-5-7-11(8-10)21-9-12(19)17-4/h5-8,13H,9,16H2,1-4H3,(H,17,19)(H,18,20). The summed E-state index contributed by atoms with van der Waals surface area (Å²) in [6, 6.07) is 6.21. The van der Waals surface area contributed by atoms with Gasteiger partial charge in [-0.05, 0) is 17.5 Å². The van der Waals surface area contributed by atoms with Crippen LogP contribution in [0.3, 0.4) is 0 Å². The summed E-state index contributed by atoms with van der Waals surface area (Å²) in [7, 11) is 1.54. The highest BCUT2D eigenvalue weighted by Crippen LogP contribution is 2.21. The summed E-state index contributed by atoms with van der Waals surface area (Å²) in [6.07, 6.45) is 0. The molecule has 0 bridgehead atoms. The first kappa shape index (κ1) is 17.0. The normalized spacial score (nSPS) is 12.4. The fourth-order valence-electron chi connectivity index (χ4n) is 1.50. The molecule has 1 unspecified atom stereocenters. The topological polar surface area (TPSA) is 93.5 Å². The average molecular weight is 293 g/mol. The van der Waals surface area contributed by atoms with Crippen LogP contribution in [0.5, 0.6) is 5.75 Å². The van der Waals surface area contributed by atoms with E-state index in [9.17, 15) is 9.59 Å². The van der Waals surface area contributed by atoms with Crippen molar-refractivity contribution in [1.29, 1.82) is 0 Å². The van der Waals surface area contributed by atoms with Crippen molar-refractivity contribution in [2.45, 2.75) is 26.8 Å². The molecule has 0 aliphatic rings. The van der Waals surface area contributed by atoms with Gasteiger partial charge in [-0.15, -0.1) is 0 Å². The molecule has 0 heterocycles. The van der Waals surface area contributed by atoms with Crippen LogP contribution in [-0.2, 0) is 9.59 Å². The van der Waals surface area contributed by atoms with Crippen molar-refractivity contribution in [1.82, 2.24) is 5.32 Å². The second-order valence-corrected chi connectivity index (χ2v) is 5.82. The maximum absolute atomic E-state index is 12.0. The first-order valence-electron chi connectivity index (χ1n) is 6.74. The second-order valence-electron chi connectivity index (χ2n) is 5.82. The van der Waals surface area contributed by atoms with Crippen LogP contribution in [0.4, 0.5) is 5.69 Å². The van der Waals surface area contributed by atoms with E-state index in [1.165, 1.54) is 7.05 Å². The maximum Gasteiger partial charge on any atom is 0.257 e. The van der Waals surface area contributed by atoms with E-state index in [0.717, 1.165) is 0 Å². The maximum atomic E-state index is 12.0. The van der Waals surface area contributed by atoms with E-state index in [4.69, 9.17) is 10.5 Å². The third-order valence-corrected chi connectivity index (χ3v) is 2.97. The van der Waals surface area contributed by atoms with Gasteiger partial charge in [0.1, 0.15) is 5.75 Å². The number of ether oxygens (including phenoxy) is 1. The van der Waals surface area contributed by atoms with E-state index in [1.807, 2.05) is 20.8 Å². The Balaban J connectivity index is 2.68. The molecule has 4 N–H and O–H groups in total. The minimum atomic E-state index is -0.618. The summed E-state index contributed by atoms with van der Waals surface area (Å²) in [5.74, 6) is 0.0193. The zero-order valence-corrected chi connectivity index (χ0v) is 12.9. The molecule has 0 fully saturated rings. The molecule has 0 aromatic heterocycles. The van der Waals surface area contributed by atoms with Gasteiger partial charge in [-0.2, -0.15) is 0 Å². The van der Waals surface area contributed by atoms with Crippen LogP contribution in [-0.4, -0.2) is 31.5 Å². The quantitative estimate of drug-likeness (QED) is 0.758. The predicted molar refractivity (Wildman–Crippen MR) is 82.1 cm³/mol. The zero-order valence-electron chi connectivity index (χ0n) is 12.9. The van der Waals surface area contributed by atoms with Gasteiger partial charge in [0.2, 0.25) is 5.91 Å². The number of nitrogens with one attached hydrogen (secondary N) is 2. The van der Waals surface area contributed by atoms with Crippen molar-refractivity contribution in [3.8, 4) is 5.75 Å². The number of carbonyl (C=O) groups is 2. The monoisotopic (exact) mass is 293 g/mol. The van der Waals surface area contributed by atoms with E-state index in [2.05, 4.69) is 10.6 Å². The van der Waals surface area contributed by atoms with Crippen molar-refractivity contribution in [3.63, 3.8) is 0 Å². The molecule has 0 saturated heterocycles. The Bertz CT molecular complexity index is 509. The molecule has 2 amide bonds. The molecular weight excluding hydrogens is 270 g/mol. The fourth-order valence-corrected chi connectivity index (χ4v) is 1.50. The summed E-state index contributed by atoms with van der Waals surface area (Å²) in [4.78, 5) is 23.2. The molecule has 0 spiro atoms. The lowest BCUT2D eigenvalue weighted by molar-refractivity contribution is -0.122. The Morgan fingerprint density at radius 1 is 1.33 bits per heavy atom. The summed E-state index contributed by atoms with van der Waals surface area (Å²) >= 11 is 0. The third kappa shape index (κ3) is 5.43. The SMILES string of the molecule is CNC(=O)COc1cccc(NC(=O)C(N)C(C)(C)C)c1. The smallest absolute Gasteiger partial charge is 0.257 e. The number of likely N-dealkylation sites (N-methyl/N-ethyl adjacent to an activating group) is 1. The van der Waals surface area contributed by atoms with E-state index < -0.39 is 6.04 Å². The number of anilines is 1. The van der Waals surface area contributed by atoms with Gasteiger partial charge < -0.3 is 21.1 Å². The highest BCUT2D eigenvalue weighted by molar-refractivity contribution is 5.95. The predicted octanol–water partition coefficient (Wildman–Crippen LogP) is 1.12. The van der Waals surface area contributed by atoms with E-state index in [0.29, 0.717) is 11.4 Å². The molecule has 1 aromatic rings. The summed E-state index contributed by atoms with van der Waals surface area (Å²) in [5, 5.41) is 5.21. The van der Waals surface area contributed by atoms with Gasteiger partial charge in [0.25, 0.3) is 5.91 Å². The molecule has 0 aliphatic carbocycles. The molecule has 21 heavy (non-hydrogen) atoms. The minimum Gasteiger partial charge on any atom is -0.484 e. The number of benzene rings is 1. The lowest BCUT2D eigenvalue weighted by Crippen LogP contribution is -2.45. The fraction of sp³-hybridized carbons (Fsp3) is 0.467. The van der Waals surface area contributed by atoms with Gasteiger partial charge in [-0.3, -0.25) is 9.59 Å². The summed E-state index contributed by atoms with van der Waals surface area (Å²) in [5.41, 5.74) is 6.16. The lowest BCUT2D eigenvalue weighted by Gasteiger charge is -2.25. The first-order valence-corrected chi connectivity index (χ1v) is 6.74. The highest BCUT2D eigenvalue weighted by Gasteiger charge is 2.27. The van der Waals surface area contributed by atoms with Gasteiger partial charge in [0.15, 0.2) is 6.61 Å². The van der Waals surface area contributed by atoms with Gasteiger partial charge in [0, 0.05) is 18.8 Å². The lowest BCUT2D eigenvalue weighted by atomic mass is 9.87. The van der Waals surface area contributed by atoms with Gasteiger partial charge in [-0.1, -0.05) is 26.8 Å². The molecule has 1 atom stereocenters. The Hall–Kier alpha value is -2.08. The number of carbonyl (C=O) groups excluding carboxylic acids is 2. The van der Waals surface area contributed by atoms with Crippen molar-refractivity contribution < 1.29 is 14.3 Å². The molecule has 6 nitrogen and oxygen atoms in total. The molecule has 0 radical (unpaired) electrons. The molecule has 0 aliphatic heterocycles. The number of nitrogens with two attached hydrogens (primary N) is 1. The van der Waals surface area contributed by atoms with Crippen LogP contribution in [0.2, 0.25) is 0 Å². The van der Waals surface area contributed by atoms with Gasteiger partial charge in [0.05, 0.1) is 6.04 Å². The third-order valence-electron chi connectivity index (χ3n) is 2.97. The average Bonchev–Trinajstić information content (AvgIpc) is 2.43. The van der Waals surface area contributed by atoms with Crippen LogP contribution in [0.25, 0.3) is 0 Å². The molecule has 116 valence electrons. The number of amides is 2. The number of hydrogen-bond acceptors (Lipinski definition) is 4. The van der Waals surface area contributed by atoms with Crippen molar-refractivity contribution in [2.24, 2.45) is 11.1 Å². The second kappa shape index (κ2) is 7.08. The van der Waals surface area contributed by atoms with E-state index in [1.54, 1.807) is 24.3 Å². The number of rotatable bonds is 5. The van der Waals surface area contributed by atoms with Crippen LogP contribution in [0.1, 0.15) is 20.8 Å². The molecule has 6 heteroatoms. The van der Waals surface area contributed by atoms with Gasteiger partial charge in [-0.25, -0.2) is 0 Å². The summed E-state index contributed by atoms with van der Waals surface area (Å²) in [6.45, 7) is 5.63. The zero-order chi connectivity index (χ0) is 16.0. The Morgan fingerprint density at radius 2 is 2.00 bits per heavy atom. The molecular formula is C15H23N3O3. The van der Waals surface area contributed by atoms with E-state index in [-0.39, 0.29) is 23.8 Å². The number of hydrogen-bond donors (Lipinski definition) is 3. The van der Waals surface area contributed by atoms with Gasteiger partial charge >= 0.3 is 0 Å². The minimum absolute atomic E-state index is 0.0740. The Kier molecular flexibility index (Phi) is 5.72. The highest BCUT2D eigenvalue weighted by atomic mass is 16.5. The van der Waals surface area contributed by atoms with Crippen LogP contribution < -0.4 is 21.1 Å². The van der Waals surface area contributed by atoms with Crippen LogP contribution in [0.15, 0.2) is 24.3 Å². The van der Waals surface area contributed by atoms with Crippen molar-refractivity contribution in [2.75, 3.05) is 19.0 Å². The molecule has 1 rings (SSSR count). The largest absolute Gasteiger partial charge is 0.484 e. The Morgan fingerprint density at radius 3 is 2.57 bits per heavy atom. The van der Waals surface area contributed by atoms with E-state index >= 15 is 0 Å². The van der Waals surface area contributed by atoms with Crippen molar-refractivity contribution in [3.05, 3.63) is 24.3 Å². The van der Waals surface area contributed by atoms with Crippen LogP contribution in [0, 0.1) is 5.41 Å². The summed E-state index contributed by atoms with van der Waals surface area (Å²) < 4.78 is 5.31. The molecule has 1 aromatic carbocycles.